The van der Waals surface area contributed by atoms with Gasteiger partial charge in [-0.3, -0.25) is 4.79 Å². The molecule has 0 saturated carbocycles. The Morgan fingerprint density at radius 1 is 1.07 bits per heavy atom. The van der Waals surface area contributed by atoms with Gasteiger partial charge in [0, 0.05) is 4.90 Å². The summed E-state index contributed by atoms with van der Waals surface area (Å²) < 4.78 is 62.4. The first kappa shape index (κ1) is 19.0. The van der Waals surface area contributed by atoms with Gasteiger partial charge >= 0.3 is 11.5 Å². The van der Waals surface area contributed by atoms with Crippen molar-refractivity contribution in [3.05, 3.63) is 71.0 Å². The molecule has 0 fully saturated rings. The molecule has 1 aliphatic rings. The van der Waals surface area contributed by atoms with Gasteiger partial charge in [0.2, 0.25) is 0 Å². The van der Waals surface area contributed by atoms with E-state index >= 15 is 0 Å². The van der Waals surface area contributed by atoms with E-state index in [1.54, 1.807) is 12.2 Å². The average Bonchev–Trinajstić information content (AvgIpc) is 2.90. The highest BCUT2D eigenvalue weighted by Gasteiger charge is 2.37. The molecular weight excluding hydrogens is 384 g/mol. The van der Waals surface area contributed by atoms with Crippen LogP contribution in [0.1, 0.15) is 23.1 Å². The molecule has 0 heterocycles. The van der Waals surface area contributed by atoms with E-state index in [1.807, 2.05) is 0 Å². The molecule has 1 unspecified atom stereocenters. The minimum Gasteiger partial charge on any atom is -0.481 e. The smallest absolute Gasteiger partial charge is 0.475 e. The lowest BCUT2D eigenvalue weighted by Gasteiger charge is -2.06. The number of carbonyl (C=O) groups is 1. The molecule has 1 N–H and O–H groups in total. The molecule has 2 aromatic rings. The second kappa shape index (κ2) is 7.11. The van der Waals surface area contributed by atoms with Crippen molar-refractivity contribution in [1.82, 2.24) is 0 Å². The highest BCUT2D eigenvalue weighted by atomic mass is 32.2. The minimum atomic E-state index is -4.83. The quantitative estimate of drug-likeness (QED) is 0.751. The van der Waals surface area contributed by atoms with E-state index in [2.05, 4.69) is 0 Å². The van der Waals surface area contributed by atoms with Gasteiger partial charge in [0.05, 0.1) is 6.42 Å². The van der Waals surface area contributed by atoms with Crippen LogP contribution in [0.2, 0.25) is 0 Å². The lowest BCUT2D eigenvalue weighted by molar-refractivity contribution is -0.135. The third-order valence-corrected chi connectivity index (χ3v) is 5.06. The van der Waals surface area contributed by atoms with Gasteiger partial charge in [0.25, 0.3) is 0 Å². The minimum absolute atomic E-state index is 0.280. The number of alkyl halides is 3. The molecule has 0 amide bonds. The molecule has 0 aliphatic heterocycles. The van der Waals surface area contributed by atoms with Gasteiger partial charge in [0.1, 0.15) is 5.82 Å². The summed E-state index contributed by atoms with van der Waals surface area (Å²) in [4.78, 5) is 10.7. The summed E-state index contributed by atoms with van der Waals surface area (Å²) >= 11 is 0. The van der Waals surface area contributed by atoms with E-state index in [9.17, 15) is 26.6 Å². The molecule has 8 heteroatoms. The number of aliphatic carboxylic acids is 1. The Hall–Kier alpha value is -2.74. The topological polar surface area (TPSA) is 54.4 Å². The van der Waals surface area contributed by atoms with Crippen molar-refractivity contribution in [2.75, 3.05) is 0 Å². The van der Waals surface area contributed by atoms with Crippen LogP contribution in [-0.4, -0.2) is 20.8 Å². The Kier molecular flexibility index (Phi) is 5.01. The Balaban J connectivity index is 1.96. The van der Waals surface area contributed by atoms with Gasteiger partial charge in [-0.05, 0) is 64.3 Å². The van der Waals surface area contributed by atoms with E-state index in [-0.39, 0.29) is 11.3 Å². The fourth-order valence-electron chi connectivity index (χ4n) is 2.81. The number of hydrogen-bond acceptors (Lipinski definition) is 2. The SMILES string of the molecule is O=C(O)CC1=C/C(=C\c2ccc(S(=O)C(F)(F)F)cc2)c2ccc(F)cc21. The zero-order valence-electron chi connectivity index (χ0n) is 13.6. The molecule has 1 atom stereocenters. The van der Waals surface area contributed by atoms with E-state index in [1.165, 1.54) is 30.3 Å². The van der Waals surface area contributed by atoms with Crippen molar-refractivity contribution in [2.24, 2.45) is 0 Å². The van der Waals surface area contributed by atoms with Crippen molar-refractivity contribution < 1.29 is 31.7 Å². The molecular formula is C19H12F4O3S. The molecule has 0 bridgehead atoms. The summed E-state index contributed by atoms with van der Waals surface area (Å²) in [6, 6.07) is 9.04. The predicted octanol–water partition coefficient (Wildman–Crippen LogP) is 4.87. The van der Waals surface area contributed by atoms with E-state index in [0.717, 1.165) is 12.1 Å². The summed E-state index contributed by atoms with van der Waals surface area (Å²) in [5.41, 5.74) is -2.13. The normalized spacial score (nSPS) is 16.1. The summed E-state index contributed by atoms with van der Waals surface area (Å²) in [6.45, 7) is 0. The highest BCUT2D eigenvalue weighted by molar-refractivity contribution is 7.86. The Morgan fingerprint density at radius 2 is 1.74 bits per heavy atom. The first-order chi connectivity index (χ1) is 12.6. The zero-order valence-corrected chi connectivity index (χ0v) is 14.4. The maximum Gasteiger partial charge on any atom is 0.475 e. The first-order valence-electron chi connectivity index (χ1n) is 7.68. The van der Waals surface area contributed by atoms with Gasteiger partial charge in [0.15, 0.2) is 10.8 Å². The lowest BCUT2D eigenvalue weighted by Crippen LogP contribution is -2.16. The molecule has 140 valence electrons. The number of halogens is 4. The summed E-state index contributed by atoms with van der Waals surface area (Å²) in [5, 5.41) is 9.02. The second-order valence-corrected chi connectivity index (χ2v) is 7.28. The molecule has 2 aromatic carbocycles. The van der Waals surface area contributed by atoms with Crippen LogP contribution in [0.4, 0.5) is 17.6 Å². The van der Waals surface area contributed by atoms with Crippen LogP contribution in [0, 0.1) is 5.82 Å². The largest absolute Gasteiger partial charge is 0.481 e. The van der Waals surface area contributed by atoms with Gasteiger partial charge in [-0.1, -0.05) is 18.2 Å². The van der Waals surface area contributed by atoms with Crippen LogP contribution in [0.5, 0.6) is 0 Å². The standard InChI is InChI=1S/C19H12F4O3S/c20-14-3-6-16-12(8-13(9-18(24)25)17(16)10-14)7-11-1-4-15(5-2-11)27(26)19(21,22)23/h1-8,10H,9H2,(H,24,25)/b12-7+. The van der Waals surface area contributed by atoms with Crippen LogP contribution >= 0.6 is 0 Å². The van der Waals surface area contributed by atoms with Crippen molar-refractivity contribution in [2.45, 2.75) is 16.8 Å². The molecule has 1 aliphatic carbocycles. The monoisotopic (exact) mass is 396 g/mol. The fourth-order valence-corrected chi connectivity index (χ4v) is 3.46. The molecule has 0 radical (unpaired) electrons. The Morgan fingerprint density at radius 3 is 2.33 bits per heavy atom. The highest BCUT2D eigenvalue weighted by Crippen LogP contribution is 2.38. The third kappa shape index (κ3) is 4.16. The number of benzene rings is 2. The molecule has 3 rings (SSSR count). The van der Waals surface area contributed by atoms with Crippen molar-refractivity contribution in [3.63, 3.8) is 0 Å². The maximum atomic E-state index is 13.5. The molecule has 3 nitrogen and oxygen atoms in total. The van der Waals surface area contributed by atoms with Gasteiger partial charge in [-0.25, -0.2) is 8.60 Å². The number of allylic oxidation sites excluding steroid dienone is 2. The third-order valence-electron chi connectivity index (χ3n) is 3.94. The maximum absolute atomic E-state index is 13.5. The van der Waals surface area contributed by atoms with Gasteiger partial charge < -0.3 is 5.11 Å². The molecule has 0 spiro atoms. The average molecular weight is 396 g/mol. The van der Waals surface area contributed by atoms with Crippen LogP contribution in [-0.2, 0) is 15.6 Å². The zero-order chi connectivity index (χ0) is 19.8. The number of carboxylic acid groups (broad SMARTS) is 1. The number of carboxylic acids is 1. The van der Waals surface area contributed by atoms with Crippen molar-refractivity contribution in [1.29, 1.82) is 0 Å². The number of fused-ring (bicyclic) bond motifs is 1. The van der Waals surface area contributed by atoms with Crippen LogP contribution in [0.15, 0.2) is 53.4 Å². The van der Waals surface area contributed by atoms with Crippen LogP contribution in [0.3, 0.4) is 0 Å². The summed E-state index contributed by atoms with van der Waals surface area (Å²) in [7, 11) is -3.10. The first-order valence-corrected chi connectivity index (χ1v) is 8.83. The van der Waals surface area contributed by atoms with Gasteiger partial charge in [-0.2, -0.15) is 13.2 Å². The summed E-state index contributed by atoms with van der Waals surface area (Å²) in [5.74, 6) is -1.55. The lowest BCUT2D eigenvalue weighted by atomic mass is 10.0. The summed E-state index contributed by atoms with van der Waals surface area (Å²) in [6.07, 6.45) is 2.98. The molecule has 0 aromatic heterocycles. The second-order valence-electron chi connectivity index (χ2n) is 5.81. The van der Waals surface area contributed by atoms with Crippen molar-refractivity contribution >= 4 is 34.0 Å². The van der Waals surface area contributed by atoms with E-state index in [0.29, 0.717) is 27.8 Å². The van der Waals surface area contributed by atoms with Gasteiger partial charge in [-0.15, -0.1) is 0 Å². The Bertz CT molecular complexity index is 989. The van der Waals surface area contributed by atoms with Crippen molar-refractivity contribution in [3.8, 4) is 0 Å². The van der Waals surface area contributed by atoms with E-state index < -0.39 is 28.1 Å². The van der Waals surface area contributed by atoms with Crippen LogP contribution < -0.4 is 0 Å². The number of rotatable bonds is 4. The number of hydrogen-bond donors (Lipinski definition) is 1. The Labute approximate surface area is 154 Å². The molecule has 27 heavy (non-hydrogen) atoms. The molecule has 0 saturated heterocycles. The fraction of sp³-hybridized carbons (Fsp3) is 0.105. The van der Waals surface area contributed by atoms with E-state index in [4.69, 9.17) is 5.11 Å². The van der Waals surface area contributed by atoms with Crippen LogP contribution in [0.25, 0.3) is 17.2 Å². The predicted molar refractivity (Wildman–Crippen MR) is 93.4 cm³/mol.